The summed E-state index contributed by atoms with van der Waals surface area (Å²) in [5.41, 5.74) is 4.43. The Morgan fingerprint density at radius 3 is 2.36 bits per heavy atom. The quantitative estimate of drug-likeness (QED) is 0.430. The maximum absolute atomic E-state index is 11.9. The number of nitrogens with one attached hydrogen (secondary N) is 3. The van der Waals surface area contributed by atoms with E-state index in [0.717, 1.165) is 0 Å². The van der Waals surface area contributed by atoms with Crippen LogP contribution in [-0.2, 0) is 6.54 Å². The number of hydrogen-bond donors (Lipinski definition) is 3. The summed E-state index contributed by atoms with van der Waals surface area (Å²) in [6.45, 7) is 6.04. The average molecular weight is 338 g/mol. The molecule has 0 unspecified atom stereocenters. The lowest BCUT2D eigenvalue weighted by Crippen LogP contribution is -2.41. The number of carbonyl (C=O) groups is 1. The van der Waals surface area contributed by atoms with Crippen molar-refractivity contribution < 1.29 is 4.79 Å². The highest BCUT2D eigenvalue weighted by Gasteiger charge is 2.04. The van der Waals surface area contributed by atoms with Crippen molar-refractivity contribution in [2.75, 3.05) is 20.1 Å². The normalized spacial score (nSPS) is 11.1. The predicted molar refractivity (Wildman–Crippen MR) is 103 cm³/mol. The Morgan fingerprint density at radius 2 is 1.68 bits per heavy atom. The first-order chi connectivity index (χ1) is 12.1. The highest BCUT2D eigenvalue weighted by molar-refractivity contribution is 5.94. The fourth-order valence-electron chi connectivity index (χ4n) is 2.49. The smallest absolute Gasteiger partial charge is 0.251 e. The van der Waals surface area contributed by atoms with Crippen LogP contribution in [0.4, 0.5) is 0 Å². The third kappa shape index (κ3) is 5.95. The van der Waals surface area contributed by atoms with Crippen LogP contribution in [-0.4, -0.2) is 32.0 Å². The monoisotopic (exact) mass is 338 g/mol. The maximum atomic E-state index is 11.9. The standard InChI is InChI=1S/C20H26N4O/c1-15-9-10-18(16(2)13-15)14-24-20(21-3)23-12-11-22-19(25)17-7-5-4-6-8-17/h4-10,13H,11-12,14H2,1-3H3,(H,22,25)(H2,21,23,24). The van der Waals surface area contributed by atoms with Crippen molar-refractivity contribution in [3.63, 3.8) is 0 Å². The van der Waals surface area contributed by atoms with Gasteiger partial charge in [-0.3, -0.25) is 9.79 Å². The summed E-state index contributed by atoms with van der Waals surface area (Å²) >= 11 is 0. The van der Waals surface area contributed by atoms with Gasteiger partial charge in [-0.1, -0.05) is 42.0 Å². The molecule has 0 aliphatic heterocycles. The second kappa shape index (κ2) is 9.47. The van der Waals surface area contributed by atoms with Crippen molar-refractivity contribution in [2.45, 2.75) is 20.4 Å². The highest BCUT2D eigenvalue weighted by atomic mass is 16.1. The van der Waals surface area contributed by atoms with Gasteiger partial charge >= 0.3 is 0 Å². The summed E-state index contributed by atoms with van der Waals surface area (Å²) in [7, 11) is 1.74. The van der Waals surface area contributed by atoms with Gasteiger partial charge in [0.05, 0.1) is 0 Å². The second-order valence-corrected chi connectivity index (χ2v) is 5.90. The molecule has 0 fully saturated rings. The van der Waals surface area contributed by atoms with E-state index < -0.39 is 0 Å². The minimum atomic E-state index is -0.0689. The zero-order chi connectivity index (χ0) is 18.1. The molecule has 0 aromatic heterocycles. The lowest BCUT2D eigenvalue weighted by molar-refractivity contribution is 0.0954. The van der Waals surface area contributed by atoms with E-state index in [9.17, 15) is 4.79 Å². The summed E-state index contributed by atoms with van der Waals surface area (Å²) in [6, 6.07) is 15.6. The first-order valence-corrected chi connectivity index (χ1v) is 8.44. The Bertz CT molecular complexity index is 726. The zero-order valence-corrected chi connectivity index (χ0v) is 15.1. The van der Waals surface area contributed by atoms with E-state index in [4.69, 9.17) is 0 Å². The van der Waals surface area contributed by atoms with Gasteiger partial charge in [-0.15, -0.1) is 0 Å². The Balaban J connectivity index is 1.72. The molecule has 0 radical (unpaired) electrons. The summed E-state index contributed by atoms with van der Waals surface area (Å²) in [5, 5.41) is 9.38. The topological polar surface area (TPSA) is 65.5 Å². The van der Waals surface area contributed by atoms with Crippen LogP contribution in [0.3, 0.4) is 0 Å². The largest absolute Gasteiger partial charge is 0.355 e. The first kappa shape index (κ1) is 18.5. The molecule has 2 aromatic rings. The molecule has 132 valence electrons. The molecule has 0 atom stereocenters. The predicted octanol–water partition coefficient (Wildman–Crippen LogP) is 2.40. The molecule has 0 saturated heterocycles. The average Bonchev–Trinajstić information content (AvgIpc) is 2.63. The SMILES string of the molecule is CN=C(NCCNC(=O)c1ccccc1)NCc1ccc(C)cc1C. The highest BCUT2D eigenvalue weighted by Crippen LogP contribution is 2.09. The number of nitrogens with zero attached hydrogens (tertiary/aromatic N) is 1. The van der Waals surface area contributed by atoms with Crippen LogP contribution < -0.4 is 16.0 Å². The Hall–Kier alpha value is -2.82. The fourth-order valence-corrected chi connectivity index (χ4v) is 2.49. The van der Waals surface area contributed by atoms with E-state index in [1.807, 2.05) is 18.2 Å². The molecule has 0 aliphatic rings. The number of carbonyl (C=O) groups excluding carboxylic acids is 1. The van der Waals surface area contributed by atoms with Crippen molar-refractivity contribution in [3.05, 3.63) is 70.8 Å². The molecule has 0 aliphatic carbocycles. The zero-order valence-electron chi connectivity index (χ0n) is 15.1. The third-order valence-electron chi connectivity index (χ3n) is 3.91. The molecule has 5 heteroatoms. The molecule has 0 heterocycles. The number of aryl methyl sites for hydroxylation is 2. The van der Waals surface area contributed by atoms with Crippen LogP contribution in [0, 0.1) is 13.8 Å². The second-order valence-electron chi connectivity index (χ2n) is 5.90. The molecule has 0 bridgehead atoms. The molecule has 25 heavy (non-hydrogen) atoms. The van der Waals surface area contributed by atoms with Crippen LogP contribution in [0.5, 0.6) is 0 Å². The number of hydrogen-bond acceptors (Lipinski definition) is 2. The van der Waals surface area contributed by atoms with Gasteiger partial charge in [0, 0.05) is 32.2 Å². The maximum Gasteiger partial charge on any atom is 0.251 e. The van der Waals surface area contributed by atoms with Gasteiger partial charge in [0.2, 0.25) is 0 Å². The molecule has 0 saturated carbocycles. The van der Waals surface area contributed by atoms with E-state index in [2.05, 4.69) is 53.0 Å². The number of amides is 1. The number of aliphatic imine (C=N–C) groups is 1. The Morgan fingerprint density at radius 1 is 0.960 bits per heavy atom. The summed E-state index contributed by atoms with van der Waals surface area (Å²) in [4.78, 5) is 16.2. The van der Waals surface area contributed by atoms with Crippen molar-refractivity contribution in [3.8, 4) is 0 Å². The van der Waals surface area contributed by atoms with Gasteiger partial charge in [0.1, 0.15) is 0 Å². The van der Waals surface area contributed by atoms with Gasteiger partial charge in [0.15, 0.2) is 5.96 Å². The van der Waals surface area contributed by atoms with Gasteiger partial charge < -0.3 is 16.0 Å². The van der Waals surface area contributed by atoms with Crippen LogP contribution in [0.2, 0.25) is 0 Å². The summed E-state index contributed by atoms with van der Waals surface area (Å²) in [6.07, 6.45) is 0. The number of benzene rings is 2. The molecular formula is C20H26N4O. The minimum absolute atomic E-state index is 0.0689. The van der Waals surface area contributed by atoms with Crippen LogP contribution in [0.1, 0.15) is 27.0 Å². The van der Waals surface area contributed by atoms with Crippen LogP contribution >= 0.6 is 0 Å². The number of rotatable bonds is 6. The molecule has 5 nitrogen and oxygen atoms in total. The lowest BCUT2D eigenvalue weighted by Gasteiger charge is -2.14. The van der Waals surface area contributed by atoms with Crippen molar-refractivity contribution in [1.29, 1.82) is 0 Å². The van der Waals surface area contributed by atoms with E-state index in [0.29, 0.717) is 31.2 Å². The van der Waals surface area contributed by atoms with E-state index in [-0.39, 0.29) is 5.91 Å². The van der Waals surface area contributed by atoms with Crippen LogP contribution in [0.15, 0.2) is 53.5 Å². The molecule has 0 spiro atoms. The minimum Gasteiger partial charge on any atom is -0.355 e. The van der Waals surface area contributed by atoms with Crippen molar-refractivity contribution >= 4 is 11.9 Å². The molecular weight excluding hydrogens is 312 g/mol. The van der Waals surface area contributed by atoms with E-state index in [1.165, 1.54) is 16.7 Å². The van der Waals surface area contributed by atoms with E-state index >= 15 is 0 Å². The van der Waals surface area contributed by atoms with Crippen molar-refractivity contribution in [1.82, 2.24) is 16.0 Å². The fraction of sp³-hybridized carbons (Fsp3) is 0.300. The van der Waals surface area contributed by atoms with Gasteiger partial charge in [-0.05, 0) is 37.1 Å². The molecule has 3 N–H and O–H groups in total. The molecule has 2 rings (SSSR count). The van der Waals surface area contributed by atoms with Gasteiger partial charge in [-0.2, -0.15) is 0 Å². The molecule has 2 aromatic carbocycles. The summed E-state index contributed by atoms with van der Waals surface area (Å²) < 4.78 is 0. The summed E-state index contributed by atoms with van der Waals surface area (Å²) in [5.74, 6) is 0.648. The Labute approximate surface area is 149 Å². The third-order valence-corrected chi connectivity index (χ3v) is 3.91. The number of guanidine groups is 1. The van der Waals surface area contributed by atoms with Crippen molar-refractivity contribution in [2.24, 2.45) is 4.99 Å². The Kier molecular flexibility index (Phi) is 7.01. The van der Waals surface area contributed by atoms with Gasteiger partial charge in [0.25, 0.3) is 5.91 Å². The van der Waals surface area contributed by atoms with Gasteiger partial charge in [-0.25, -0.2) is 0 Å². The first-order valence-electron chi connectivity index (χ1n) is 8.44. The van der Waals surface area contributed by atoms with Crippen LogP contribution in [0.25, 0.3) is 0 Å². The van der Waals surface area contributed by atoms with E-state index in [1.54, 1.807) is 19.2 Å². The molecule has 1 amide bonds. The lowest BCUT2D eigenvalue weighted by atomic mass is 10.1.